The first kappa shape index (κ1) is 18.5. The van der Waals surface area contributed by atoms with Crippen LogP contribution >= 0.6 is 0 Å². The summed E-state index contributed by atoms with van der Waals surface area (Å²) in [5.74, 6) is 0.440. The van der Waals surface area contributed by atoms with E-state index in [1.54, 1.807) is 14.0 Å². The van der Waals surface area contributed by atoms with E-state index in [4.69, 9.17) is 4.74 Å². The second-order valence-electron chi connectivity index (χ2n) is 6.57. The van der Waals surface area contributed by atoms with E-state index in [9.17, 15) is 9.59 Å². The number of aryl methyl sites for hydroxylation is 2. The van der Waals surface area contributed by atoms with Gasteiger partial charge in [0.15, 0.2) is 0 Å². The van der Waals surface area contributed by atoms with E-state index in [0.29, 0.717) is 17.0 Å². The predicted octanol–water partition coefficient (Wildman–Crippen LogP) is 3.58. The summed E-state index contributed by atoms with van der Waals surface area (Å²) in [4.78, 5) is 25.1. The number of urea groups is 1. The zero-order valence-corrected chi connectivity index (χ0v) is 15.8. The molecule has 0 aromatic heterocycles. The summed E-state index contributed by atoms with van der Waals surface area (Å²) in [6, 6.07) is 12.3. The lowest BCUT2D eigenvalue weighted by Crippen LogP contribution is -2.46. The molecule has 1 heterocycles. The standard InChI is InChI=1S/C21H23N3O3/c1-12-7-5-6-8-16(12)23-20(25)18-14(3)22-21(26)24-19(18)15-10-9-13(2)17(11-15)27-4/h5-11,19H,1-4H3,(H,23,25)(H2,22,24,26). The van der Waals surface area contributed by atoms with Gasteiger partial charge in [-0.1, -0.05) is 30.3 Å². The van der Waals surface area contributed by atoms with Gasteiger partial charge in [0.1, 0.15) is 5.75 Å². The molecule has 3 amide bonds. The number of carbonyl (C=O) groups excluding carboxylic acids is 2. The number of hydrogen-bond donors (Lipinski definition) is 3. The first-order valence-corrected chi connectivity index (χ1v) is 8.70. The Kier molecular flexibility index (Phi) is 5.16. The Balaban J connectivity index is 1.99. The van der Waals surface area contributed by atoms with Crippen LogP contribution in [0, 0.1) is 13.8 Å². The van der Waals surface area contributed by atoms with E-state index < -0.39 is 6.04 Å². The highest BCUT2D eigenvalue weighted by Gasteiger charge is 2.31. The Labute approximate surface area is 158 Å². The topological polar surface area (TPSA) is 79.5 Å². The van der Waals surface area contributed by atoms with Gasteiger partial charge in [0, 0.05) is 11.4 Å². The first-order chi connectivity index (χ1) is 12.9. The van der Waals surface area contributed by atoms with Crippen molar-refractivity contribution in [1.29, 1.82) is 0 Å². The van der Waals surface area contributed by atoms with Gasteiger partial charge in [-0.25, -0.2) is 4.79 Å². The molecule has 0 fully saturated rings. The third kappa shape index (κ3) is 3.79. The number of allylic oxidation sites excluding steroid dienone is 1. The van der Waals surface area contributed by atoms with Crippen molar-refractivity contribution in [2.75, 3.05) is 12.4 Å². The summed E-state index contributed by atoms with van der Waals surface area (Å²) < 4.78 is 5.39. The van der Waals surface area contributed by atoms with Gasteiger partial charge >= 0.3 is 6.03 Å². The van der Waals surface area contributed by atoms with Gasteiger partial charge in [0.25, 0.3) is 5.91 Å². The quantitative estimate of drug-likeness (QED) is 0.775. The Morgan fingerprint density at radius 1 is 1.07 bits per heavy atom. The minimum Gasteiger partial charge on any atom is -0.496 e. The lowest BCUT2D eigenvalue weighted by Gasteiger charge is -2.29. The van der Waals surface area contributed by atoms with Crippen LogP contribution in [0.15, 0.2) is 53.7 Å². The summed E-state index contributed by atoms with van der Waals surface area (Å²) >= 11 is 0. The Morgan fingerprint density at radius 2 is 1.81 bits per heavy atom. The highest BCUT2D eigenvalue weighted by Crippen LogP contribution is 2.31. The van der Waals surface area contributed by atoms with Crippen molar-refractivity contribution in [3.63, 3.8) is 0 Å². The molecule has 27 heavy (non-hydrogen) atoms. The number of para-hydroxylation sites is 1. The summed E-state index contributed by atoms with van der Waals surface area (Å²) in [5, 5.41) is 8.47. The molecule has 0 saturated heterocycles. The third-order valence-corrected chi connectivity index (χ3v) is 4.67. The van der Waals surface area contributed by atoms with Crippen LogP contribution in [-0.4, -0.2) is 19.0 Å². The molecule has 0 radical (unpaired) electrons. The Bertz CT molecular complexity index is 934. The summed E-state index contributed by atoms with van der Waals surface area (Å²) in [7, 11) is 1.60. The molecule has 1 unspecified atom stereocenters. The van der Waals surface area contributed by atoms with Crippen molar-refractivity contribution in [3.8, 4) is 5.75 Å². The number of nitrogens with one attached hydrogen (secondary N) is 3. The number of amides is 3. The van der Waals surface area contributed by atoms with Crippen molar-refractivity contribution in [2.24, 2.45) is 0 Å². The maximum absolute atomic E-state index is 13.1. The lowest BCUT2D eigenvalue weighted by molar-refractivity contribution is -0.113. The van der Waals surface area contributed by atoms with Gasteiger partial charge < -0.3 is 20.7 Å². The molecule has 0 bridgehead atoms. The van der Waals surface area contributed by atoms with E-state index in [-0.39, 0.29) is 11.9 Å². The number of methoxy groups -OCH3 is 1. The van der Waals surface area contributed by atoms with Gasteiger partial charge in [-0.3, -0.25) is 4.79 Å². The maximum atomic E-state index is 13.1. The van der Waals surface area contributed by atoms with Gasteiger partial charge in [-0.05, 0) is 49.6 Å². The molecule has 140 valence electrons. The molecule has 3 N–H and O–H groups in total. The zero-order valence-electron chi connectivity index (χ0n) is 15.8. The molecule has 1 aliphatic heterocycles. The van der Waals surface area contributed by atoms with Crippen LogP contribution in [0.1, 0.15) is 29.7 Å². The van der Waals surface area contributed by atoms with Gasteiger partial charge in [-0.2, -0.15) is 0 Å². The molecule has 0 aliphatic carbocycles. The smallest absolute Gasteiger partial charge is 0.319 e. The summed E-state index contributed by atoms with van der Waals surface area (Å²) in [5.41, 5.74) is 4.44. The van der Waals surface area contributed by atoms with E-state index in [0.717, 1.165) is 22.4 Å². The fourth-order valence-electron chi connectivity index (χ4n) is 3.16. The lowest BCUT2D eigenvalue weighted by atomic mass is 9.93. The van der Waals surface area contributed by atoms with E-state index in [1.165, 1.54) is 0 Å². The maximum Gasteiger partial charge on any atom is 0.319 e. The third-order valence-electron chi connectivity index (χ3n) is 4.67. The average Bonchev–Trinajstić information content (AvgIpc) is 2.63. The van der Waals surface area contributed by atoms with Gasteiger partial charge in [0.05, 0.1) is 18.7 Å². The van der Waals surface area contributed by atoms with Crippen molar-refractivity contribution >= 4 is 17.6 Å². The van der Waals surface area contributed by atoms with Crippen LogP contribution in [0.2, 0.25) is 0 Å². The van der Waals surface area contributed by atoms with Crippen LogP contribution < -0.4 is 20.7 Å². The molecule has 6 heteroatoms. The van der Waals surface area contributed by atoms with Crippen molar-refractivity contribution in [1.82, 2.24) is 10.6 Å². The molecule has 1 aliphatic rings. The van der Waals surface area contributed by atoms with Crippen molar-refractivity contribution in [2.45, 2.75) is 26.8 Å². The molecule has 6 nitrogen and oxygen atoms in total. The molecule has 1 atom stereocenters. The average molecular weight is 365 g/mol. The molecule has 2 aromatic carbocycles. The number of benzene rings is 2. The van der Waals surface area contributed by atoms with Crippen LogP contribution in [0.5, 0.6) is 5.75 Å². The van der Waals surface area contributed by atoms with Gasteiger partial charge in [0.2, 0.25) is 0 Å². The fourth-order valence-corrected chi connectivity index (χ4v) is 3.16. The molecule has 2 aromatic rings. The zero-order chi connectivity index (χ0) is 19.6. The highest BCUT2D eigenvalue weighted by molar-refractivity contribution is 6.07. The fraction of sp³-hybridized carbons (Fsp3) is 0.238. The van der Waals surface area contributed by atoms with Gasteiger partial charge in [-0.15, -0.1) is 0 Å². The molecule has 3 rings (SSSR count). The normalized spacial score (nSPS) is 16.4. The number of anilines is 1. The number of carbonyl (C=O) groups is 2. The van der Waals surface area contributed by atoms with Crippen molar-refractivity contribution < 1.29 is 14.3 Å². The minimum atomic E-state index is -0.572. The Hall–Kier alpha value is -3.28. The Morgan fingerprint density at radius 3 is 2.52 bits per heavy atom. The molecule has 0 saturated carbocycles. The molecule has 0 spiro atoms. The largest absolute Gasteiger partial charge is 0.496 e. The summed E-state index contributed by atoms with van der Waals surface area (Å²) in [6.45, 7) is 5.60. The number of hydrogen-bond acceptors (Lipinski definition) is 3. The number of rotatable bonds is 4. The van der Waals surface area contributed by atoms with E-state index in [2.05, 4.69) is 16.0 Å². The molecular formula is C21H23N3O3. The monoisotopic (exact) mass is 365 g/mol. The van der Waals surface area contributed by atoms with Crippen LogP contribution in [0.25, 0.3) is 0 Å². The highest BCUT2D eigenvalue weighted by atomic mass is 16.5. The second kappa shape index (κ2) is 7.53. The summed E-state index contributed by atoms with van der Waals surface area (Å²) in [6.07, 6.45) is 0. The van der Waals surface area contributed by atoms with E-state index in [1.807, 2.05) is 56.3 Å². The number of ether oxygens (including phenoxy) is 1. The first-order valence-electron chi connectivity index (χ1n) is 8.70. The predicted molar refractivity (Wildman–Crippen MR) is 105 cm³/mol. The van der Waals surface area contributed by atoms with Crippen LogP contribution in [0.4, 0.5) is 10.5 Å². The van der Waals surface area contributed by atoms with E-state index >= 15 is 0 Å². The SMILES string of the molecule is COc1cc(C2NC(=O)NC(C)=C2C(=O)Nc2ccccc2C)ccc1C. The van der Waals surface area contributed by atoms with Crippen LogP contribution in [-0.2, 0) is 4.79 Å². The molecular weight excluding hydrogens is 342 g/mol. The minimum absolute atomic E-state index is 0.265. The van der Waals surface area contributed by atoms with Crippen molar-refractivity contribution in [3.05, 3.63) is 70.4 Å². The van der Waals surface area contributed by atoms with Crippen LogP contribution in [0.3, 0.4) is 0 Å². The second-order valence-corrected chi connectivity index (χ2v) is 6.57.